The van der Waals surface area contributed by atoms with Gasteiger partial charge < -0.3 is 18.9 Å². The SMILES string of the molecule is COc1ccc(C(=O)N2CCC(n3cccc3)CC2)cc1OC. The van der Waals surface area contributed by atoms with Gasteiger partial charge in [0.1, 0.15) is 0 Å². The van der Waals surface area contributed by atoms with E-state index in [1.165, 1.54) is 0 Å². The second kappa shape index (κ2) is 6.77. The van der Waals surface area contributed by atoms with Crippen LogP contribution in [0, 0.1) is 0 Å². The Kier molecular flexibility index (Phi) is 4.55. The summed E-state index contributed by atoms with van der Waals surface area (Å²) in [5.74, 6) is 1.27. The highest BCUT2D eigenvalue weighted by Gasteiger charge is 2.24. The monoisotopic (exact) mass is 314 g/mol. The van der Waals surface area contributed by atoms with E-state index in [0.717, 1.165) is 25.9 Å². The van der Waals surface area contributed by atoms with Gasteiger partial charge in [0.05, 0.1) is 14.2 Å². The number of ether oxygens (including phenoxy) is 2. The summed E-state index contributed by atoms with van der Waals surface area (Å²) >= 11 is 0. The lowest BCUT2D eigenvalue weighted by atomic mass is 10.0. The number of hydrogen-bond acceptors (Lipinski definition) is 3. The molecule has 1 fully saturated rings. The first-order chi connectivity index (χ1) is 11.2. The summed E-state index contributed by atoms with van der Waals surface area (Å²) in [4.78, 5) is 14.6. The van der Waals surface area contributed by atoms with E-state index in [0.29, 0.717) is 23.1 Å². The first-order valence-electron chi connectivity index (χ1n) is 7.86. The van der Waals surface area contributed by atoms with Crippen molar-refractivity contribution in [2.75, 3.05) is 27.3 Å². The molecule has 1 aromatic heterocycles. The number of carbonyl (C=O) groups excluding carboxylic acids is 1. The van der Waals surface area contributed by atoms with Gasteiger partial charge in [0, 0.05) is 37.1 Å². The van der Waals surface area contributed by atoms with E-state index in [2.05, 4.69) is 17.0 Å². The minimum absolute atomic E-state index is 0.0527. The lowest BCUT2D eigenvalue weighted by Crippen LogP contribution is -2.38. The Morgan fingerprint density at radius 1 is 1.04 bits per heavy atom. The van der Waals surface area contributed by atoms with Crippen LogP contribution < -0.4 is 9.47 Å². The number of amides is 1. The van der Waals surface area contributed by atoms with Crippen LogP contribution in [0.4, 0.5) is 0 Å². The average Bonchev–Trinajstić information content (AvgIpc) is 3.15. The molecule has 0 aliphatic carbocycles. The summed E-state index contributed by atoms with van der Waals surface area (Å²) in [5, 5.41) is 0. The number of nitrogens with zero attached hydrogens (tertiary/aromatic N) is 2. The van der Waals surface area contributed by atoms with Crippen LogP contribution >= 0.6 is 0 Å². The Labute approximate surface area is 136 Å². The number of piperidine rings is 1. The van der Waals surface area contributed by atoms with Crippen LogP contribution in [0.3, 0.4) is 0 Å². The molecule has 1 aliphatic heterocycles. The maximum atomic E-state index is 12.7. The molecule has 1 amide bonds. The van der Waals surface area contributed by atoms with E-state index in [1.807, 2.05) is 17.0 Å². The molecule has 0 bridgehead atoms. The summed E-state index contributed by atoms with van der Waals surface area (Å²) in [6, 6.07) is 9.89. The van der Waals surface area contributed by atoms with Crippen LogP contribution in [-0.2, 0) is 0 Å². The third-order valence-electron chi connectivity index (χ3n) is 4.43. The molecule has 23 heavy (non-hydrogen) atoms. The first kappa shape index (κ1) is 15.5. The largest absolute Gasteiger partial charge is 0.493 e. The zero-order chi connectivity index (χ0) is 16.2. The number of benzene rings is 1. The van der Waals surface area contributed by atoms with Crippen molar-refractivity contribution in [3.05, 3.63) is 48.3 Å². The topological polar surface area (TPSA) is 43.7 Å². The molecule has 1 aliphatic rings. The number of aromatic nitrogens is 1. The third-order valence-corrected chi connectivity index (χ3v) is 4.43. The van der Waals surface area contributed by atoms with Crippen molar-refractivity contribution in [1.29, 1.82) is 0 Å². The highest BCUT2D eigenvalue weighted by atomic mass is 16.5. The maximum Gasteiger partial charge on any atom is 0.253 e. The Morgan fingerprint density at radius 3 is 2.30 bits per heavy atom. The highest BCUT2D eigenvalue weighted by Crippen LogP contribution is 2.29. The van der Waals surface area contributed by atoms with E-state index in [-0.39, 0.29) is 5.91 Å². The van der Waals surface area contributed by atoms with E-state index < -0.39 is 0 Å². The molecule has 1 saturated heterocycles. The van der Waals surface area contributed by atoms with Gasteiger partial charge in [0.25, 0.3) is 5.91 Å². The molecule has 0 atom stereocenters. The lowest BCUT2D eigenvalue weighted by Gasteiger charge is -2.33. The highest BCUT2D eigenvalue weighted by molar-refractivity contribution is 5.95. The minimum atomic E-state index is 0.0527. The van der Waals surface area contributed by atoms with E-state index in [1.54, 1.807) is 32.4 Å². The van der Waals surface area contributed by atoms with Gasteiger partial charge in [-0.05, 0) is 43.2 Å². The van der Waals surface area contributed by atoms with Crippen molar-refractivity contribution >= 4 is 5.91 Å². The van der Waals surface area contributed by atoms with Crippen LogP contribution in [0.2, 0.25) is 0 Å². The smallest absolute Gasteiger partial charge is 0.253 e. The van der Waals surface area contributed by atoms with Gasteiger partial charge in [-0.1, -0.05) is 0 Å². The molecule has 5 heteroatoms. The second-order valence-corrected chi connectivity index (χ2v) is 5.72. The Hall–Kier alpha value is -2.43. The van der Waals surface area contributed by atoms with Gasteiger partial charge in [-0.15, -0.1) is 0 Å². The van der Waals surface area contributed by atoms with Gasteiger partial charge in [-0.25, -0.2) is 0 Å². The molecule has 122 valence electrons. The molecule has 5 nitrogen and oxygen atoms in total. The van der Waals surface area contributed by atoms with Gasteiger partial charge in [-0.2, -0.15) is 0 Å². The molecule has 0 N–H and O–H groups in total. The quantitative estimate of drug-likeness (QED) is 0.871. The van der Waals surface area contributed by atoms with Crippen molar-refractivity contribution in [3.63, 3.8) is 0 Å². The molecular formula is C18H22N2O3. The number of methoxy groups -OCH3 is 2. The van der Waals surface area contributed by atoms with E-state index in [9.17, 15) is 4.79 Å². The third kappa shape index (κ3) is 3.18. The maximum absolute atomic E-state index is 12.7. The molecule has 0 spiro atoms. The van der Waals surface area contributed by atoms with Crippen molar-refractivity contribution in [2.24, 2.45) is 0 Å². The Balaban J connectivity index is 1.67. The molecule has 0 radical (unpaired) electrons. The Morgan fingerprint density at radius 2 is 1.70 bits per heavy atom. The van der Waals surface area contributed by atoms with Crippen LogP contribution in [0.5, 0.6) is 11.5 Å². The molecule has 2 aromatic rings. The molecule has 3 rings (SSSR count). The van der Waals surface area contributed by atoms with Gasteiger partial charge in [-0.3, -0.25) is 4.79 Å². The van der Waals surface area contributed by atoms with Crippen molar-refractivity contribution in [1.82, 2.24) is 9.47 Å². The number of rotatable bonds is 4. The zero-order valence-electron chi connectivity index (χ0n) is 13.6. The minimum Gasteiger partial charge on any atom is -0.493 e. The first-order valence-corrected chi connectivity index (χ1v) is 7.86. The summed E-state index contributed by atoms with van der Waals surface area (Å²) in [6.45, 7) is 1.55. The number of likely N-dealkylation sites (tertiary alicyclic amines) is 1. The van der Waals surface area contributed by atoms with Crippen LogP contribution in [0.1, 0.15) is 29.2 Å². The van der Waals surface area contributed by atoms with E-state index >= 15 is 0 Å². The second-order valence-electron chi connectivity index (χ2n) is 5.72. The van der Waals surface area contributed by atoms with Crippen LogP contribution in [0.25, 0.3) is 0 Å². The molecule has 2 heterocycles. The van der Waals surface area contributed by atoms with Gasteiger partial charge >= 0.3 is 0 Å². The summed E-state index contributed by atoms with van der Waals surface area (Å²) in [6.07, 6.45) is 6.15. The summed E-state index contributed by atoms with van der Waals surface area (Å²) in [7, 11) is 3.17. The normalized spacial score (nSPS) is 15.5. The molecular weight excluding hydrogens is 292 g/mol. The number of carbonyl (C=O) groups is 1. The van der Waals surface area contributed by atoms with Crippen LogP contribution in [-0.4, -0.2) is 42.7 Å². The standard InChI is InChI=1S/C18H22N2O3/c1-22-16-6-5-14(13-17(16)23-2)18(21)20-11-7-15(8-12-20)19-9-3-4-10-19/h3-6,9-10,13,15H,7-8,11-12H2,1-2H3. The zero-order valence-corrected chi connectivity index (χ0v) is 13.6. The average molecular weight is 314 g/mol. The molecule has 0 unspecified atom stereocenters. The van der Waals surface area contributed by atoms with E-state index in [4.69, 9.17) is 9.47 Å². The molecule has 0 saturated carbocycles. The lowest BCUT2D eigenvalue weighted by molar-refractivity contribution is 0.0694. The fraction of sp³-hybridized carbons (Fsp3) is 0.389. The van der Waals surface area contributed by atoms with Gasteiger partial charge in [0.15, 0.2) is 11.5 Å². The van der Waals surface area contributed by atoms with Crippen LogP contribution in [0.15, 0.2) is 42.7 Å². The summed E-state index contributed by atoms with van der Waals surface area (Å²) < 4.78 is 12.7. The van der Waals surface area contributed by atoms with Gasteiger partial charge in [0.2, 0.25) is 0 Å². The fourth-order valence-corrected chi connectivity index (χ4v) is 3.11. The van der Waals surface area contributed by atoms with Crippen molar-refractivity contribution in [3.8, 4) is 11.5 Å². The fourth-order valence-electron chi connectivity index (χ4n) is 3.11. The Bertz CT molecular complexity index is 659. The predicted molar refractivity (Wildman–Crippen MR) is 88.2 cm³/mol. The summed E-state index contributed by atoms with van der Waals surface area (Å²) in [5.41, 5.74) is 0.641. The number of hydrogen-bond donors (Lipinski definition) is 0. The predicted octanol–water partition coefficient (Wildman–Crippen LogP) is 2.98. The molecule has 1 aromatic carbocycles. The van der Waals surface area contributed by atoms with Crippen molar-refractivity contribution in [2.45, 2.75) is 18.9 Å². The van der Waals surface area contributed by atoms with Crippen molar-refractivity contribution < 1.29 is 14.3 Å².